The topological polar surface area (TPSA) is 69.4 Å². The lowest BCUT2D eigenvalue weighted by Gasteiger charge is -2.07. The first-order valence-electron chi connectivity index (χ1n) is 4.88. The van der Waals surface area contributed by atoms with Gasteiger partial charge in [-0.05, 0) is 26.8 Å². The molecule has 16 heavy (non-hydrogen) atoms. The molecule has 0 N–H and O–H groups in total. The van der Waals surface area contributed by atoms with Crippen LogP contribution in [0.15, 0.2) is 18.2 Å². The van der Waals surface area contributed by atoms with Crippen molar-refractivity contribution in [2.45, 2.75) is 26.9 Å². The van der Waals surface area contributed by atoms with Gasteiger partial charge in [0, 0.05) is 11.6 Å². The molecular formula is C11H13NO4. The number of benzene rings is 1. The Labute approximate surface area is 93.2 Å². The number of hydrogen-bond acceptors (Lipinski definition) is 4. The molecular weight excluding hydrogens is 210 g/mol. The summed E-state index contributed by atoms with van der Waals surface area (Å²) in [5.41, 5.74) is 0.648. The van der Waals surface area contributed by atoms with Gasteiger partial charge >= 0.3 is 5.97 Å². The lowest BCUT2D eigenvalue weighted by atomic mass is 10.1. The van der Waals surface area contributed by atoms with Gasteiger partial charge in [0.1, 0.15) is 0 Å². The van der Waals surface area contributed by atoms with Crippen LogP contribution in [0.25, 0.3) is 0 Å². The van der Waals surface area contributed by atoms with Gasteiger partial charge in [0.15, 0.2) is 0 Å². The van der Waals surface area contributed by atoms with Crippen LogP contribution in [-0.4, -0.2) is 17.0 Å². The molecule has 0 saturated heterocycles. The Morgan fingerprint density at radius 1 is 1.44 bits per heavy atom. The minimum Gasteiger partial charge on any atom is -0.459 e. The predicted octanol–water partition coefficient (Wildman–Crippen LogP) is 2.47. The van der Waals surface area contributed by atoms with Crippen LogP contribution in [0.5, 0.6) is 0 Å². The fraction of sp³-hybridized carbons (Fsp3) is 0.364. The fourth-order valence-corrected chi connectivity index (χ4v) is 1.22. The maximum absolute atomic E-state index is 11.5. The number of esters is 1. The van der Waals surface area contributed by atoms with Crippen LogP contribution in [0.4, 0.5) is 5.69 Å². The van der Waals surface area contributed by atoms with E-state index >= 15 is 0 Å². The molecule has 0 atom stereocenters. The molecule has 0 amide bonds. The van der Waals surface area contributed by atoms with Crippen LogP contribution in [-0.2, 0) is 4.74 Å². The molecule has 0 spiro atoms. The summed E-state index contributed by atoms with van der Waals surface area (Å²) >= 11 is 0. The SMILES string of the molecule is Cc1ccc(C(=O)OC(C)C)cc1[N+](=O)[O-]. The van der Waals surface area contributed by atoms with Crippen LogP contribution in [0.3, 0.4) is 0 Å². The van der Waals surface area contributed by atoms with Gasteiger partial charge < -0.3 is 4.74 Å². The second-order valence-electron chi connectivity index (χ2n) is 3.71. The molecule has 0 radical (unpaired) electrons. The normalized spacial score (nSPS) is 10.2. The van der Waals surface area contributed by atoms with Crippen LogP contribution in [0.1, 0.15) is 29.8 Å². The molecule has 0 unspecified atom stereocenters. The first kappa shape index (κ1) is 12.2. The second kappa shape index (κ2) is 4.74. The number of carbonyl (C=O) groups is 1. The molecule has 0 aliphatic rings. The second-order valence-corrected chi connectivity index (χ2v) is 3.71. The van der Waals surface area contributed by atoms with E-state index in [1.54, 1.807) is 20.8 Å². The van der Waals surface area contributed by atoms with Crippen molar-refractivity contribution in [2.24, 2.45) is 0 Å². The number of nitrogens with zero attached hydrogens (tertiary/aromatic N) is 1. The minimum atomic E-state index is -0.543. The molecule has 0 aromatic heterocycles. The highest BCUT2D eigenvalue weighted by atomic mass is 16.6. The number of nitro groups is 1. The van der Waals surface area contributed by atoms with E-state index in [0.717, 1.165) is 0 Å². The van der Waals surface area contributed by atoms with Crippen molar-refractivity contribution in [2.75, 3.05) is 0 Å². The Morgan fingerprint density at radius 2 is 2.06 bits per heavy atom. The van der Waals surface area contributed by atoms with E-state index in [1.807, 2.05) is 0 Å². The summed E-state index contributed by atoms with van der Waals surface area (Å²) in [5.74, 6) is -0.543. The molecule has 0 heterocycles. The summed E-state index contributed by atoms with van der Waals surface area (Å²) in [7, 11) is 0. The van der Waals surface area contributed by atoms with Gasteiger partial charge in [0.2, 0.25) is 0 Å². The van der Waals surface area contributed by atoms with Crippen molar-refractivity contribution in [1.29, 1.82) is 0 Å². The Bertz CT molecular complexity index is 426. The number of hydrogen-bond donors (Lipinski definition) is 0. The molecule has 1 aromatic carbocycles. The van der Waals surface area contributed by atoms with Gasteiger partial charge in [0.25, 0.3) is 5.69 Å². The summed E-state index contributed by atoms with van der Waals surface area (Å²) in [6, 6.07) is 4.29. The third kappa shape index (κ3) is 2.79. The van der Waals surface area contributed by atoms with Gasteiger partial charge in [-0.25, -0.2) is 4.79 Å². The largest absolute Gasteiger partial charge is 0.459 e. The van der Waals surface area contributed by atoms with Gasteiger partial charge in [-0.1, -0.05) is 6.07 Å². The number of ether oxygens (including phenoxy) is 1. The molecule has 0 fully saturated rings. The monoisotopic (exact) mass is 223 g/mol. The van der Waals surface area contributed by atoms with Crippen molar-refractivity contribution in [3.63, 3.8) is 0 Å². The summed E-state index contributed by atoms with van der Waals surface area (Å²) in [6.07, 6.45) is -0.243. The minimum absolute atomic E-state index is 0.0711. The Balaban J connectivity index is 3.03. The zero-order chi connectivity index (χ0) is 12.3. The highest BCUT2D eigenvalue weighted by Gasteiger charge is 2.16. The van der Waals surface area contributed by atoms with Crippen molar-refractivity contribution in [3.05, 3.63) is 39.4 Å². The lowest BCUT2D eigenvalue weighted by Crippen LogP contribution is -2.11. The van der Waals surface area contributed by atoms with Crippen molar-refractivity contribution < 1.29 is 14.5 Å². The zero-order valence-corrected chi connectivity index (χ0v) is 9.39. The number of aryl methyl sites for hydroxylation is 1. The lowest BCUT2D eigenvalue weighted by molar-refractivity contribution is -0.385. The van der Waals surface area contributed by atoms with Crippen molar-refractivity contribution in [1.82, 2.24) is 0 Å². The van der Waals surface area contributed by atoms with Crippen LogP contribution < -0.4 is 0 Å². The summed E-state index contributed by atoms with van der Waals surface area (Å²) in [6.45, 7) is 5.07. The van der Waals surface area contributed by atoms with Crippen LogP contribution in [0.2, 0.25) is 0 Å². The maximum atomic E-state index is 11.5. The van der Waals surface area contributed by atoms with Crippen molar-refractivity contribution in [3.8, 4) is 0 Å². The molecule has 0 saturated carbocycles. The van der Waals surface area contributed by atoms with E-state index in [-0.39, 0.29) is 17.4 Å². The molecule has 0 aliphatic heterocycles. The zero-order valence-electron chi connectivity index (χ0n) is 9.39. The highest BCUT2D eigenvalue weighted by molar-refractivity contribution is 5.90. The number of rotatable bonds is 3. The van der Waals surface area contributed by atoms with Gasteiger partial charge in [-0.3, -0.25) is 10.1 Å². The smallest absolute Gasteiger partial charge is 0.338 e. The maximum Gasteiger partial charge on any atom is 0.338 e. The number of nitro benzene ring substituents is 1. The highest BCUT2D eigenvalue weighted by Crippen LogP contribution is 2.19. The first-order chi connectivity index (χ1) is 7.41. The molecule has 1 aromatic rings. The Morgan fingerprint density at radius 3 is 2.56 bits per heavy atom. The Hall–Kier alpha value is -1.91. The molecule has 1 rings (SSSR count). The number of carbonyl (C=O) groups excluding carboxylic acids is 1. The standard InChI is InChI=1S/C11H13NO4/c1-7(2)16-11(13)9-5-4-8(3)10(6-9)12(14)15/h4-7H,1-3H3. The van der Waals surface area contributed by atoms with E-state index in [0.29, 0.717) is 5.56 Å². The average Bonchev–Trinajstić information content (AvgIpc) is 2.16. The summed E-state index contributed by atoms with van der Waals surface area (Å²) < 4.78 is 4.95. The van der Waals surface area contributed by atoms with E-state index in [4.69, 9.17) is 4.74 Å². The molecule has 86 valence electrons. The third-order valence-electron chi connectivity index (χ3n) is 1.98. The van der Waals surface area contributed by atoms with E-state index in [2.05, 4.69) is 0 Å². The molecule has 0 bridgehead atoms. The first-order valence-corrected chi connectivity index (χ1v) is 4.88. The van der Waals surface area contributed by atoms with Crippen LogP contribution in [0, 0.1) is 17.0 Å². The van der Waals surface area contributed by atoms with Gasteiger partial charge in [-0.15, -0.1) is 0 Å². The molecule has 5 heteroatoms. The predicted molar refractivity (Wildman–Crippen MR) is 58.4 cm³/mol. The summed E-state index contributed by atoms with van der Waals surface area (Å²) in [5, 5.41) is 10.7. The van der Waals surface area contributed by atoms with Gasteiger partial charge in [0.05, 0.1) is 16.6 Å². The average molecular weight is 223 g/mol. The van der Waals surface area contributed by atoms with E-state index in [9.17, 15) is 14.9 Å². The van der Waals surface area contributed by atoms with Gasteiger partial charge in [-0.2, -0.15) is 0 Å². The molecule has 0 aliphatic carbocycles. The third-order valence-corrected chi connectivity index (χ3v) is 1.98. The summed E-state index contributed by atoms with van der Waals surface area (Å²) in [4.78, 5) is 21.7. The Kier molecular flexibility index (Phi) is 3.60. The van der Waals surface area contributed by atoms with E-state index < -0.39 is 10.9 Å². The van der Waals surface area contributed by atoms with Crippen molar-refractivity contribution >= 4 is 11.7 Å². The van der Waals surface area contributed by atoms with E-state index in [1.165, 1.54) is 18.2 Å². The molecule has 5 nitrogen and oxygen atoms in total. The van der Waals surface area contributed by atoms with Crippen LogP contribution >= 0.6 is 0 Å². The fourth-order valence-electron chi connectivity index (χ4n) is 1.22. The quantitative estimate of drug-likeness (QED) is 0.448.